The van der Waals surface area contributed by atoms with Gasteiger partial charge in [-0.15, -0.1) is 11.3 Å². The van der Waals surface area contributed by atoms with Crippen molar-refractivity contribution >= 4 is 54.6 Å². The smallest absolute Gasteiger partial charge is 0.267 e. The van der Waals surface area contributed by atoms with E-state index in [9.17, 15) is 13.2 Å². The van der Waals surface area contributed by atoms with Gasteiger partial charge < -0.3 is 10.1 Å². The second-order valence-electron chi connectivity index (χ2n) is 5.96. The first-order valence-electron chi connectivity index (χ1n) is 8.49. The number of benzene rings is 2. The molecular formula is C19H19ClN2O4S2. The fourth-order valence-corrected chi connectivity index (χ4v) is 5.06. The van der Waals surface area contributed by atoms with Crippen molar-refractivity contribution in [2.24, 2.45) is 0 Å². The zero-order valence-corrected chi connectivity index (χ0v) is 17.5. The quantitative estimate of drug-likeness (QED) is 0.518. The predicted molar refractivity (Wildman–Crippen MR) is 113 cm³/mol. The van der Waals surface area contributed by atoms with Gasteiger partial charge in [-0.05, 0) is 36.8 Å². The number of amides is 1. The van der Waals surface area contributed by atoms with Crippen LogP contribution < -0.4 is 10.0 Å². The van der Waals surface area contributed by atoms with E-state index in [1.165, 1.54) is 23.5 Å². The number of carbonyl (C=O) groups is 1. The third-order valence-electron chi connectivity index (χ3n) is 3.98. The molecule has 0 aliphatic rings. The van der Waals surface area contributed by atoms with Crippen molar-refractivity contribution in [2.75, 3.05) is 25.6 Å². The first-order valence-corrected chi connectivity index (χ1v) is 11.2. The van der Waals surface area contributed by atoms with Gasteiger partial charge in [0.25, 0.3) is 5.91 Å². The molecule has 0 atom stereocenters. The van der Waals surface area contributed by atoms with E-state index >= 15 is 0 Å². The summed E-state index contributed by atoms with van der Waals surface area (Å²) < 4.78 is 32.8. The third-order valence-corrected chi connectivity index (χ3v) is 7.13. The van der Waals surface area contributed by atoms with Crippen molar-refractivity contribution in [3.8, 4) is 0 Å². The molecule has 0 aliphatic carbocycles. The van der Waals surface area contributed by atoms with Crippen LogP contribution in [0.5, 0.6) is 0 Å². The highest BCUT2D eigenvalue weighted by Crippen LogP contribution is 2.35. The molecule has 2 N–H and O–H groups in total. The molecule has 3 rings (SSSR count). The molecule has 28 heavy (non-hydrogen) atoms. The number of sulfonamides is 1. The number of hydrogen-bond acceptors (Lipinski definition) is 5. The number of anilines is 1. The number of fused-ring (bicyclic) bond motifs is 1. The summed E-state index contributed by atoms with van der Waals surface area (Å²) in [6.45, 7) is 0.771. The molecule has 0 radical (unpaired) electrons. The number of rotatable bonds is 8. The van der Waals surface area contributed by atoms with Gasteiger partial charge in [-0.3, -0.25) is 4.79 Å². The molecule has 1 heterocycles. The normalized spacial score (nSPS) is 11.6. The van der Waals surface area contributed by atoms with Crippen LogP contribution in [-0.2, 0) is 14.8 Å². The Labute approximate surface area is 172 Å². The molecule has 148 valence electrons. The van der Waals surface area contributed by atoms with Crippen LogP contribution >= 0.6 is 22.9 Å². The summed E-state index contributed by atoms with van der Waals surface area (Å²) in [5, 5.41) is 4.00. The molecular weight excluding hydrogens is 420 g/mol. The maximum atomic E-state index is 12.6. The molecule has 1 amide bonds. The van der Waals surface area contributed by atoms with Crippen LogP contribution in [0.4, 0.5) is 5.69 Å². The summed E-state index contributed by atoms with van der Waals surface area (Å²) in [6, 6.07) is 13.5. The van der Waals surface area contributed by atoms with E-state index in [0.717, 1.165) is 10.1 Å². The minimum Gasteiger partial charge on any atom is -0.385 e. The molecule has 9 heteroatoms. The molecule has 0 aliphatic heterocycles. The van der Waals surface area contributed by atoms with E-state index in [1.54, 1.807) is 19.2 Å². The average molecular weight is 439 g/mol. The lowest BCUT2D eigenvalue weighted by atomic mass is 10.2. The second-order valence-corrected chi connectivity index (χ2v) is 9.16. The Kier molecular flexibility index (Phi) is 6.69. The van der Waals surface area contributed by atoms with Gasteiger partial charge in [-0.2, -0.15) is 0 Å². The molecule has 2 aromatic carbocycles. The van der Waals surface area contributed by atoms with E-state index < -0.39 is 10.0 Å². The van der Waals surface area contributed by atoms with Gasteiger partial charge in [0.2, 0.25) is 10.0 Å². The highest BCUT2D eigenvalue weighted by Gasteiger charge is 2.18. The van der Waals surface area contributed by atoms with Crippen molar-refractivity contribution in [3.63, 3.8) is 0 Å². The third kappa shape index (κ3) is 4.71. The van der Waals surface area contributed by atoms with Gasteiger partial charge in [0.1, 0.15) is 4.88 Å². The summed E-state index contributed by atoms with van der Waals surface area (Å²) in [6.07, 6.45) is 0.583. The minimum absolute atomic E-state index is 0.128. The molecule has 0 spiro atoms. The van der Waals surface area contributed by atoms with Crippen molar-refractivity contribution < 1.29 is 17.9 Å². The Hall–Kier alpha value is -1.97. The molecule has 6 nitrogen and oxygen atoms in total. The van der Waals surface area contributed by atoms with Crippen molar-refractivity contribution in [2.45, 2.75) is 11.3 Å². The number of thiophene rings is 1. The summed E-state index contributed by atoms with van der Waals surface area (Å²) in [7, 11) is -2.04. The summed E-state index contributed by atoms with van der Waals surface area (Å²) in [4.78, 5) is 13.1. The zero-order chi connectivity index (χ0) is 20.1. The minimum atomic E-state index is -3.60. The number of carbonyl (C=O) groups excluding carboxylic acids is 1. The summed E-state index contributed by atoms with van der Waals surface area (Å²) in [5.74, 6) is -0.334. The Bertz CT molecular complexity index is 1080. The molecule has 0 saturated heterocycles. The van der Waals surface area contributed by atoms with Gasteiger partial charge in [0, 0.05) is 36.0 Å². The average Bonchev–Trinajstić information content (AvgIpc) is 3.03. The van der Waals surface area contributed by atoms with Gasteiger partial charge >= 0.3 is 0 Å². The molecule has 0 unspecified atom stereocenters. The van der Waals surface area contributed by atoms with Crippen LogP contribution in [0.1, 0.15) is 16.1 Å². The lowest BCUT2D eigenvalue weighted by Crippen LogP contribution is -2.25. The molecule has 0 fully saturated rings. The number of methoxy groups -OCH3 is 1. The Morgan fingerprint density at radius 3 is 2.54 bits per heavy atom. The van der Waals surface area contributed by atoms with Crippen LogP contribution in [0, 0.1) is 0 Å². The number of halogens is 1. The van der Waals surface area contributed by atoms with Crippen molar-refractivity contribution in [1.29, 1.82) is 0 Å². The van der Waals surface area contributed by atoms with Crippen molar-refractivity contribution in [1.82, 2.24) is 4.72 Å². The predicted octanol–water partition coefficient (Wildman–Crippen LogP) is 4.12. The van der Waals surface area contributed by atoms with Crippen molar-refractivity contribution in [3.05, 3.63) is 58.4 Å². The van der Waals surface area contributed by atoms with Crippen LogP contribution in [0.3, 0.4) is 0 Å². The Morgan fingerprint density at radius 1 is 1.14 bits per heavy atom. The SMILES string of the molecule is COCCCNS(=O)(=O)c1ccc(NC(=O)c2sc3ccccc3c2Cl)cc1. The fraction of sp³-hybridized carbons (Fsp3) is 0.211. The van der Waals surface area contributed by atoms with E-state index in [4.69, 9.17) is 16.3 Å². The summed E-state index contributed by atoms with van der Waals surface area (Å²) >= 11 is 7.64. The molecule has 3 aromatic rings. The first kappa shape index (κ1) is 20.8. The largest absolute Gasteiger partial charge is 0.385 e. The molecule has 0 bridgehead atoms. The van der Waals surface area contributed by atoms with Crippen LogP contribution in [0.25, 0.3) is 10.1 Å². The fourth-order valence-electron chi connectivity index (χ4n) is 2.57. The van der Waals surface area contributed by atoms with E-state index in [1.807, 2.05) is 24.3 Å². The van der Waals surface area contributed by atoms with Gasteiger partial charge in [-0.1, -0.05) is 29.8 Å². The number of nitrogens with one attached hydrogen (secondary N) is 2. The van der Waals surface area contributed by atoms with E-state index in [-0.39, 0.29) is 10.8 Å². The molecule has 0 saturated carbocycles. The molecule has 1 aromatic heterocycles. The van der Waals surface area contributed by atoms with Gasteiger partial charge in [0.05, 0.1) is 9.92 Å². The summed E-state index contributed by atoms with van der Waals surface area (Å²) in [5.41, 5.74) is 0.483. The van der Waals surface area contributed by atoms with E-state index in [0.29, 0.717) is 35.2 Å². The zero-order valence-electron chi connectivity index (χ0n) is 15.1. The Balaban J connectivity index is 1.69. The van der Waals surface area contributed by atoms with Crippen LogP contribution in [0.2, 0.25) is 5.02 Å². The first-order chi connectivity index (χ1) is 13.4. The van der Waals surface area contributed by atoms with Crippen LogP contribution in [0.15, 0.2) is 53.4 Å². The standard InChI is InChI=1S/C19H19ClN2O4S2/c1-26-12-4-11-21-28(24,25)14-9-7-13(8-10-14)22-19(23)18-17(20)15-5-2-3-6-16(15)27-18/h2-3,5-10,21H,4,11-12H2,1H3,(H,22,23). The maximum Gasteiger partial charge on any atom is 0.267 e. The second kappa shape index (κ2) is 9.02. The van der Waals surface area contributed by atoms with Gasteiger partial charge in [-0.25, -0.2) is 13.1 Å². The van der Waals surface area contributed by atoms with E-state index in [2.05, 4.69) is 10.0 Å². The highest BCUT2D eigenvalue weighted by molar-refractivity contribution is 7.89. The van der Waals surface area contributed by atoms with Gasteiger partial charge in [0.15, 0.2) is 0 Å². The lowest BCUT2D eigenvalue weighted by Gasteiger charge is -2.08. The monoisotopic (exact) mass is 438 g/mol. The Morgan fingerprint density at radius 2 is 1.86 bits per heavy atom. The lowest BCUT2D eigenvalue weighted by molar-refractivity contribution is 0.103. The highest BCUT2D eigenvalue weighted by atomic mass is 35.5. The van der Waals surface area contributed by atoms with Crippen LogP contribution in [-0.4, -0.2) is 34.6 Å². The topological polar surface area (TPSA) is 84.5 Å². The number of hydrogen-bond donors (Lipinski definition) is 2. The number of ether oxygens (including phenoxy) is 1. The maximum absolute atomic E-state index is 12.6.